The average molecular weight is 210 g/mol. The van der Waals surface area contributed by atoms with E-state index in [0.29, 0.717) is 5.54 Å². The Labute approximate surface area is 94.2 Å². The van der Waals surface area contributed by atoms with Crippen molar-refractivity contribution < 1.29 is 0 Å². The number of hydrogen-bond acceptors (Lipinski definition) is 2. The van der Waals surface area contributed by atoms with Gasteiger partial charge in [0.2, 0.25) is 0 Å². The summed E-state index contributed by atoms with van der Waals surface area (Å²) in [6.07, 6.45) is 5.42. The highest BCUT2D eigenvalue weighted by atomic mass is 15.3. The van der Waals surface area contributed by atoms with Crippen LogP contribution in [0.15, 0.2) is 0 Å². The first-order chi connectivity index (χ1) is 7.09. The van der Waals surface area contributed by atoms with Gasteiger partial charge in [-0.3, -0.25) is 4.90 Å². The third-order valence-corrected chi connectivity index (χ3v) is 4.77. The number of likely N-dealkylation sites (tertiary alicyclic amines) is 1. The molecule has 0 radical (unpaired) electrons. The van der Waals surface area contributed by atoms with Crippen LogP contribution < -0.4 is 5.73 Å². The topological polar surface area (TPSA) is 29.3 Å². The first-order valence-corrected chi connectivity index (χ1v) is 6.56. The molecule has 1 saturated heterocycles. The monoisotopic (exact) mass is 210 g/mol. The fourth-order valence-electron chi connectivity index (χ4n) is 3.54. The fourth-order valence-corrected chi connectivity index (χ4v) is 3.54. The van der Waals surface area contributed by atoms with E-state index in [9.17, 15) is 0 Å². The lowest BCUT2D eigenvalue weighted by molar-refractivity contribution is -0.0391. The lowest BCUT2D eigenvalue weighted by atomic mass is 9.63. The van der Waals surface area contributed by atoms with Gasteiger partial charge in [-0.25, -0.2) is 0 Å². The summed E-state index contributed by atoms with van der Waals surface area (Å²) in [5, 5.41) is 0. The average Bonchev–Trinajstić information content (AvgIpc) is 2.51. The molecule has 0 spiro atoms. The van der Waals surface area contributed by atoms with E-state index in [1.54, 1.807) is 0 Å². The second-order valence-corrected chi connectivity index (χ2v) is 6.03. The summed E-state index contributed by atoms with van der Waals surface area (Å²) in [6, 6.07) is 0.765. The SMILES string of the molecule is CC(C)C1CC(CN)(N2CCCC2C)C1. The van der Waals surface area contributed by atoms with Crippen LogP contribution in [0.2, 0.25) is 0 Å². The van der Waals surface area contributed by atoms with Crippen LogP contribution in [-0.4, -0.2) is 29.6 Å². The van der Waals surface area contributed by atoms with E-state index < -0.39 is 0 Å². The van der Waals surface area contributed by atoms with Crippen molar-refractivity contribution in [1.82, 2.24) is 4.90 Å². The van der Waals surface area contributed by atoms with E-state index in [4.69, 9.17) is 5.73 Å². The Morgan fingerprint density at radius 3 is 2.47 bits per heavy atom. The maximum Gasteiger partial charge on any atom is 0.0340 e. The molecular formula is C13H26N2. The summed E-state index contributed by atoms with van der Waals surface area (Å²) in [4.78, 5) is 2.70. The van der Waals surface area contributed by atoms with Gasteiger partial charge in [0, 0.05) is 18.1 Å². The zero-order valence-corrected chi connectivity index (χ0v) is 10.5. The Kier molecular flexibility index (Phi) is 3.09. The molecule has 2 fully saturated rings. The van der Waals surface area contributed by atoms with Gasteiger partial charge in [0.1, 0.15) is 0 Å². The molecule has 0 aromatic rings. The van der Waals surface area contributed by atoms with Gasteiger partial charge in [0.05, 0.1) is 0 Å². The van der Waals surface area contributed by atoms with Crippen molar-refractivity contribution >= 4 is 0 Å². The number of nitrogens with zero attached hydrogens (tertiary/aromatic N) is 1. The van der Waals surface area contributed by atoms with E-state index in [2.05, 4.69) is 25.7 Å². The Morgan fingerprint density at radius 1 is 1.40 bits per heavy atom. The molecule has 2 N–H and O–H groups in total. The number of rotatable bonds is 3. The van der Waals surface area contributed by atoms with Gasteiger partial charge in [0.15, 0.2) is 0 Å². The Balaban J connectivity index is 1.99. The highest BCUT2D eigenvalue weighted by Gasteiger charge is 2.50. The third-order valence-electron chi connectivity index (χ3n) is 4.77. The molecule has 15 heavy (non-hydrogen) atoms. The Hall–Kier alpha value is -0.0800. The molecule has 2 nitrogen and oxygen atoms in total. The van der Waals surface area contributed by atoms with Crippen molar-refractivity contribution in [2.24, 2.45) is 17.6 Å². The zero-order valence-electron chi connectivity index (χ0n) is 10.5. The van der Waals surface area contributed by atoms with Crippen LogP contribution >= 0.6 is 0 Å². The standard InChI is InChI=1S/C13H26N2/c1-10(2)12-7-13(8-12,9-14)15-6-4-5-11(15)3/h10-12H,4-9,14H2,1-3H3. The van der Waals surface area contributed by atoms with Gasteiger partial charge >= 0.3 is 0 Å². The molecule has 1 saturated carbocycles. The quantitative estimate of drug-likeness (QED) is 0.774. The largest absolute Gasteiger partial charge is 0.329 e. The molecule has 1 heterocycles. The molecule has 2 heteroatoms. The first kappa shape index (κ1) is 11.4. The van der Waals surface area contributed by atoms with Crippen LogP contribution in [0.4, 0.5) is 0 Å². The Bertz CT molecular complexity index is 219. The van der Waals surface area contributed by atoms with Crippen molar-refractivity contribution in [3.8, 4) is 0 Å². The zero-order chi connectivity index (χ0) is 11.1. The minimum Gasteiger partial charge on any atom is -0.329 e. The van der Waals surface area contributed by atoms with Gasteiger partial charge in [0.25, 0.3) is 0 Å². The smallest absolute Gasteiger partial charge is 0.0340 e. The van der Waals surface area contributed by atoms with Crippen molar-refractivity contribution in [3.05, 3.63) is 0 Å². The lowest BCUT2D eigenvalue weighted by Crippen LogP contribution is -2.63. The van der Waals surface area contributed by atoms with E-state index in [-0.39, 0.29) is 0 Å². The molecule has 1 atom stereocenters. The molecule has 88 valence electrons. The summed E-state index contributed by atoms with van der Waals surface area (Å²) in [5.74, 6) is 1.75. The van der Waals surface area contributed by atoms with Crippen LogP contribution in [0.25, 0.3) is 0 Å². The van der Waals surface area contributed by atoms with Crippen LogP contribution in [0.1, 0.15) is 46.5 Å². The van der Waals surface area contributed by atoms with Crippen LogP contribution in [0.3, 0.4) is 0 Å². The van der Waals surface area contributed by atoms with Gasteiger partial charge in [-0.15, -0.1) is 0 Å². The maximum atomic E-state index is 6.03. The lowest BCUT2D eigenvalue weighted by Gasteiger charge is -2.55. The van der Waals surface area contributed by atoms with E-state index >= 15 is 0 Å². The first-order valence-electron chi connectivity index (χ1n) is 6.56. The number of hydrogen-bond donors (Lipinski definition) is 1. The van der Waals surface area contributed by atoms with Gasteiger partial charge in [-0.1, -0.05) is 13.8 Å². The fraction of sp³-hybridized carbons (Fsp3) is 1.00. The maximum absolute atomic E-state index is 6.03. The Morgan fingerprint density at radius 2 is 2.07 bits per heavy atom. The van der Waals surface area contributed by atoms with Gasteiger partial charge in [-0.05, 0) is 51.0 Å². The summed E-state index contributed by atoms with van der Waals surface area (Å²) >= 11 is 0. The molecule has 0 aromatic heterocycles. The molecule has 1 aliphatic heterocycles. The highest BCUT2D eigenvalue weighted by Crippen LogP contribution is 2.47. The molecule has 1 aliphatic carbocycles. The minimum atomic E-state index is 0.380. The predicted octanol–water partition coefficient (Wildman–Crippen LogP) is 2.23. The van der Waals surface area contributed by atoms with Crippen LogP contribution in [0.5, 0.6) is 0 Å². The normalized spacial score (nSPS) is 42.2. The summed E-state index contributed by atoms with van der Waals surface area (Å²) in [6.45, 7) is 9.20. The highest BCUT2D eigenvalue weighted by molar-refractivity contribution is 5.06. The van der Waals surface area contributed by atoms with E-state index in [0.717, 1.165) is 24.4 Å². The van der Waals surface area contributed by atoms with Crippen molar-refractivity contribution in [1.29, 1.82) is 0 Å². The molecule has 1 unspecified atom stereocenters. The van der Waals surface area contributed by atoms with Crippen LogP contribution in [0, 0.1) is 11.8 Å². The van der Waals surface area contributed by atoms with Crippen molar-refractivity contribution in [3.63, 3.8) is 0 Å². The van der Waals surface area contributed by atoms with Crippen molar-refractivity contribution in [2.45, 2.75) is 58.0 Å². The predicted molar refractivity (Wildman–Crippen MR) is 64.7 cm³/mol. The molecule has 2 rings (SSSR count). The molecule has 0 amide bonds. The third kappa shape index (κ3) is 1.83. The molecule has 0 bridgehead atoms. The second-order valence-electron chi connectivity index (χ2n) is 6.03. The van der Waals surface area contributed by atoms with E-state index in [1.165, 1.54) is 32.2 Å². The minimum absolute atomic E-state index is 0.380. The van der Waals surface area contributed by atoms with Gasteiger partial charge < -0.3 is 5.73 Å². The summed E-state index contributed by atoms with van der Waals surface area (Å²) in [5.41, 5.74) is 6.41. The summed E-state index contributed by atoms with van der Waals surface area (Å²) < 4.78 is 0. The second kappa shape index (κ2) is 4.06. The summed E-state index contributed by atoms with van der Waals surface area (Å²) in [7, 11) is 0. The van der Waals surface area contributed by atoms with Crippen molar-refractivity contribution in [2.75, 3.05) is 13.1 Å². The molecule has 2 aliphatic rings. The van der Waals surface area contributed by atoms with Gasteiger partial charge in [-0.2, -0.15) is 0 Å². The molecule has 0 aromatic carbocycles. The van der Waals surface area contributed by atoms with E-state index in [1.807, 2.05) is 0 Å². The molecular weight excluding hydrogens is 184 g/mol. The number of nitrogens with two attached hydrogens (primary N) is 1. The van der Waals surface area contributed by atoms with Crippen LogP contribution in [-0.2, 0) is 0 Å².